The van der Waals surface area contributed by atoms with Gasteiger partial charge >= 0.3 is 0 Å². The molecule has 1 rings (SSSR count). The van der Waals surface area contributed by atoms with Crippen LogP contribution in [-0.4, -0.2) is 13.6 Å². The highest BCUT2D eigenvalue weighted by molar-refractivity contribution is 4.88. The first kappa shape index (κ1) is 10.8. The van der Waals surface area contributed by atoms with E-state index in [1.807, 2.05) is 0 Å². The summed E-state index contributed by atoms with van der Waals surface area (Å²) in [6, 6.07) is 0. The maximum absolute atomic E-state index is 3.31. The molecule has 0 amide bonds. The van der Waals surface area contributed by atoms with Crippen molar-refractivity contribution in [1.82, 2.24) is 5.32 Å². The van der Waals surface area contributed by atoms with Crippen molar-refractivity contribution in [2.45, 2.75) is 33.1 Å². The summed E-state index contributed by atoms with van der Waals surface area (Å²) in [7, 11) is 2.06. The molecular formula is C12H23N. The third kappa shape index (κ3) is 3.51. The van der Waals surface area contributed by atoms with Crippen LogP contribution in [0, 0.1) is 17.8 Å². The molecule has 1 fully saturated rings. The van der Waals surface area contributed by atoms with Crippen molar-refractivity contribution in [2.75, 3.05) is 13.6 Å². The molecule has 0 heterocycles. The van der Waals surface area contributed by atoms with Crippen molar-refractivity contribution in [2.24, 2.45) is 17.8 Å². The van der Waals surface area contributed by atoms with Crippen LogP contribution in [-0.2, 0) is 0 Å². The first-order valence-corrected chi connectivity index (χ1v) is 5.55. The van der Waals surface area contributed by atoms with E-state index in [-0.39, 0.29) is 0 Å². The van der Waals surface area contributed by atoms with Crippen molar-refractivity contribution in [3.05, 3.63) is 12.2 Å². The molecule has 0 spiro atoms. The molecule has 0 aromatic rings. The van der Waals surface area contributed by atoms with Crippen LogP contribution in [0.1, 0.15) is 33.1 Å². The smallest absolute Gasteiger partial charge is 0.00179 e. The summed E-state index contributed by atoms with van der Waals surface area (Å²) in [5, 5.41) is 3.31. The molecule has 1 nitrogen and oxygen atoms in total. The highest BCUT2D eigenvalue weighted by Gasteiger charge is 2.32. The van der Waals surface area contributed by atoms with Gasteiger partial charge in [0.2, 0.25) is 0 Å². The van der Waals surface area contributed by atoms with Crippen molar-refractivity contribution >= 4 is 0 Å². The van der Waals surface area contributed by atoms with Gasteiger partial charge in [-0.2, -0.15) is 0 Å². The summed E-state index contributed by atoms with van der Waals surface area (Å²) in [5.74, 6) is 2.78. The molecule has 1 aliphatic carbocycles. The van der Waals surface area contributed by atoms with E-state index in [1.165, 1.54) is 25.8 Å². The van der Waals surface area contributed by atoms with Gasteiger partial charge in [0.05, 0.1) is 0 Å². The molecule has 76 valence electrons. The third-order valence-electron chi connectivity index (χ3n) is 3.25. The van der Waals surface area contributed by atoms with Gasteiger partial charge in [0.1, 0.15) is 0 Å². The van der Waals surface area contributed by atoms with Crippen LogP contribution in [0.5, 0.6) is 0 Å². The van der Waals surface area contributed by atoms with E-state index < -0.39 is 0 Å². The molecule has 0 saturated heterocycles. The highest BCUT2D eigenvalue weighted by atomic mass is 14.8. The molecule has 0 bridgehead atoms. The Kier molecular flexibility index (Phi) is 4.51. The fraction of sp³-hybridized carbons (Fsp3) is 0.833. The van der Waals surface area contributed by atoms with Crippen LogP contribution in [0.15, 0.2) is 12.2 Å². The van der Waals surface area contributed by atoms with E-state index in [9.17, 15) is 0 Å². The van der Waals surface area contributed by atoms with E-state index in [4.69, 9.17) is 0 Å². The Hall–Kier alpha value is -0.300. The Morgan fingerprint density at radius 3 is 2.62 bits per heavy atom. The zero-order valence-corrected chi connectivity index (χ0v) is 9.22. The zero-order valence-electron chi connectivity index (χ0n) is 9.22. The summed E-state index contributed by atoms with van der Waals surface area (Å²) in [5.41, 5.74) is 0. The predicted octanol–water partition coefficient (Wildman–Crippen LogP) is 2.83. The van der Waals surface area contributed by atoms with E-state index in [2.05, 4.69) is 38.4 Å². The van der Waals surface area contributed by atoms with Crippen LogP contribution in [0.4, 0.5) is 0 Å². The molecule has 1 saturated carbocycles. The van der Waals surface area contributed by atoms with Crippen LogP contribution in [0.3, 0.4) is 0 Å². The SMILES string of the molecule is CC=CCC(CNC)C(C)C1CC1. The first-order chi connectivity index (χ1) is 6.29. The molecule has 0 aromatic heterocycles. The molecule has 1 N–H and O–H groups in total. The molecule has 1 heteroatoms. The van der Waals surface area contributed by atoms with Crippen LogP contribution < -0.4 is 5.32 Å². The standard InChI is InChI=1S/C12H23N/c1-4-5-6-12(9-13-3)10(2)11-7-8-11/h4-5,10-13H,6-9H2,1-3H3. The van der Waals surface area contributed by atoms with Crippen LogP contribution in [0.25, 0.3) is 0 Å². The summed E-state index contributed by atoms with van der Waals surface area (Å²) < 4.78 is 0. The van der Waals surface area contributed by atoms with Gasteiger partial charge in [-0.3, -0.25) is 0 Å². The molecule has 13 heavy (non-hydrogen) atoms. The van der Waals surface area contributed by atoms with Crippen molar-refractivity contribution in [1.29, 1.82) is 0 Å². The quantitative estimate of drug-likeness (QED) is 0.621. The van der Waals surface area contributed by atoms with Gasteiger partial charge < -0.3 is 5.32 Å². The molecule has 0 aromatic carbocycles. The fourth-order valence-corrected chi connectivity index (χ4v) is 2.06. The number of nitrogens with one attached hydrogen (secondary N) is 1. The summed E-state index contributed by atoms with van der Waals surface area (Å²) >= 11 is 0. The van der Waals surface area contributed by atoms with Gasteiger partial charge in [-0.05, 0) is 57.5 Å². The lowest BCUT2D eigenvalue weighted by atomic mass is 9.87. The topological polar surface area (TPSA) is 12.0 Å². The fourth-order valence-electron chi connectivity index (χ4n) is 2.06. The predicted molar refractivity (Wildman–Crippen MR) is 58.7 cm³/mol. The lowest BCUT2D eigenvalue weighted by molar-refractivity contribution is 0.315. The first-order valence-electron chi connectivity index (χ1n) is 5.55. The second-order valence-corrected chi connectivity index (χ2v) is 4.32. The van der Waals surface area contributed by atoms with Crippen molar-refractivity contribution in [3.63, 3.8) is 0 Å². The maximum Gasteiger partial charge on any atom is -0.00179 e. The van der Waals surface area contributed by atoms with Gasteiger partial charge in [-0.15, -0.1) is 0 Å². The molecular weight excluding hydrogens is 158 g/mol. The minimum absolute atomic E-state index is 0.841. The Balaban J connectivity index is 2.34. The number of hydrogen-bond donors (Lipinski definition) is 1. The minimum atomic E-state index is 0.841. The number of hydrogen-bond acceptors (Lipinski definition) is 1. The number of allylic oxidation sites excluding steroid dienone is 2. The Morgan fingerprint density at radius 1 is 1.46 bits per heavy atom. The normalized spacial score (nSPS) is 22.1. The van der Waals surface area contributed by atoms with E-state index in [0.29, 0.717) is 0 Å². The molecule has 0 aliphatic heterocycles. The summed E-state index contributed by atoms with van der Waals surface area (Å²) in [4.78, 5) is 0. The minimum Gasteiger partial charge on any atom is -0.319 e. The van der Waals surface area contributed by atoms with Gasteiger partial charge in [0.25, 0.3) is 0 Å². The Labute approximate surface area is 82.6 Å². The lowest BCUT2D eigenvalue weighted by Gasteiger charge is -2.22. The molecule has 2 atom stereocenters. The number of rotatable bonds is 6. The third-order valence-corrected chi connectivity index (χ3v) is 3.25. The summed E-state index contributed by atoms with van der Waals surface area (Å²) in [6.07, 6.45) is 8.66. The van der Waals surface area contributed by atoms with E-state index >= 15 is 0 Å². The second-order valence-electron chi connectivity index (χ2n) is 4.32. The van der Waals surface area contributed by atoms with Crippen molar-refractivity contribution < 1.29 is 0 Å². The molecule has 0 radical (unpaired) electrons. The van der Waals surface area contributed by atoms with E-state index in [0.717, 1.165) is 17.8 Å². The van der Waals surface area contributed by atoms with Gasteiger partial charge in [-0.25, -0.2) is 0 Å². The Morgan fingerprint density at radius 2 is 2.15 bits per heavy atom. The monoisotopic (exact) mass is 181 g/mol. The molecule has 1 aliphatic rings. The van der Waals surface area contributed by atoms with Crippen LogP contribution in [0.2, 0.25) is 0 Å². The Bertz CT molecular complexity index is 159. The average Bonchev–Trinajstić information content (AvgIpc) is 2.94. The average molecular weight is 181 g/mol. The van der Waals surface area contributed by atoms with Crippen molar-refractivity contribution in [3.8, 4) is 0 Å². The zero-order chi connectivity index (χ0) is 9.68. The van der Waals surface area contributed by atoms with E-state index in [1.54, 1.807) is 0 Å². The van der Waals surface area contributed by atoms with Gasteiger partial charge in [-0.1, -0.05) is 19.1 Å². The molecule has 2 unspecified atom stereocenters. The second kappa shape index (κ2) is 5.43. The van der Waals surface area contributed by atoms with Gasteiger partial charge in [0.15, 0.2) is 0 Å². The summed E-state index contributed by atoms with van der Waals surface area (Å²) in [6.45, 7) is 5.70. The largest absolute Gasteiger partial charge is 0.319 e. The van der Waals surface area contributed by atoms with Gasteiger partial charge in [0, 0.05) is 0 Å². The highest BCUT2D eigenvalue weighted by Crippen LogP contribution is 2.41. The van der Waals surface area contributed by atoms with Crippen LogP contribution >= 0.6 is 0 Å². The lowest BCUT2D eigenvalue weighted by Crippen LogP contribution is -2.25. The maximum atomic E-state index is 3.31.